The molecule has 1 aliphatic rings. The van der Waals surface area contributed by atoms with Gasteiger partial charge in [0.25, 0.3) is 0 Å². The first-order valence-electron chi connectivity index (χ1n) is 13.9. The van der Waals surface area contributed by atoms with Crippen LogP contribution in [0.25, 0.3) is 82.8 Å². The van der Waals surface area contributed by atoms with E-state index in [2.05, 4.69) is 121 Å². The fourth-order valence-corrected chi connectivity index (χ4v) is 6.82. The van der Waals surface area contributed by atoms with Gasteiger partial charge in [-0.3, -0.25) is 4.57 Å². The zero-order chi connectivity index (χ0) is 26.4. The normalized spacial score (nSPS) is 12.2. The summed E-state index contributed by atoms with van der Waals surface area (Å²) in [6.07, 6.45) is 0.878. The summed E-state index contributed by atoms with van der Waals surface area (Å²) in [5, 5.41) is 4.95. The van der Waals surface area contributed by atoms with Crippen LogP contribution in [0.3, 0.4) is 0 Å². The predicted octanol–water partition coefficient (Wildman–Crippen LogP) is 9.95. The third-order valence-electron chi connectivity index (χ3n) is 8.51. The molecule has 0 radical (unpaired) electrons. The van der Waals surface area contributed by atoms with Gasteiger partial charge < -0.3 is 4.42 Å². The van der Waals surface area contributed by atoms with Gasteiger partial charge in [-0.1, -0.05) is 85.8 Å². The van der Waals surface area contributed by atoms with Crippen LogP contribution in [0.2, 0.25) is 0 Å². The Morgan fingerprint density at radius 2 is 1.38 bits per heavy atom. The molecule has 188 valence electrons. The number of furan rings is 1. The average molecular weight is 513 g/mol. The third-order valence-corrected chi connectivity index (χ3v) is 8.51. The molecule has 0 N–H and O–H groups in total. The van der Waals surface area contributed by atoms with Crippen LogP contribution in [0.1, 0.15) is 12.7 Å². The van der Waals surface area contributed by atoms with Crippen molar-refractivity contribution in [3.05, 3.63) is 121 Å². The van der Waals surface area contributed by atoms with Crippen molar-refractivity contribution in [2.24, 2.45) is 0 Å². The van der Waals surface area contributed by atoms with E-state index in [1.807, 2.05) is 6.07 Å². The van der Waals surface area contributed by atoms with E-state index in [9.17, 15) is 0 Å². The number of para-hydroxylation sites is 3. The predicted molar refractivity (Wildman–Crippen MR) is 165 cm³/mol. The van der Waals surface area contributed by atoms with Gasteiger partial charge in [0.1, 0.15) is 17.0 Å². The number of rotatable bonds is 3. The van der Waals surface area contributed by atoms with E-state index in [1.54, 1.807) is 0 Å². The highest BCUT2D eigenvalue weighted by Gasteiger charge is 2.27. The highest BCUT2D eigenvalue weighted by Crippen LogP contribution is 2.53. The first-order valence-corrected chi connectivity index (χ1v) is 13.9. The topological polar surface area (TPSA) is 31.0 Å². The van der Waals surface area contributed by atoms with Crippen LogP contribution in [0, 0.1) is 0 Å². The molecule has 0 bridgehead atoms. The Bertz CT molecular complexity index is 2300. The minimum atomic E-state index is 0.878. The number of aromatic nitrogens is 2. The molecule has 0 amide bonds. The van der Waals surface area contributed by atoms with E-state index in [0.29, 0.717) is 0 Å². The second-order valence-electron chi connectivity index (χ2n) is 10.6. The smallest absolute Gasteiger partial charge is 0.136 e. The molecule has 2 heterocycles. The molecule has 9 rings (SSSR count). The van der Waals surface area contributed by atoms with E-state index in [0.717, 1.165) is 40.1 Å². The molecular formula is C37H24N2O. The maximum Gasteiger partial charge on any atom is 0.136 e. The van der Waals surface area contributed by atoms with Crippen molar-refractivity contribution in [1.29, 1.82) is 0 Å². The number of nitrogens with zero attached hydrogens (tertiary/aromatic N) is 2. The summed E-state index contributed by atoms with van der Waals surface area (Å²) in [6, 6.07) is 41.3. The van der Waals surface area contributed by atoms with Crippen molar-refractivity contribution in [3.63, 3.8) is 0 Å². The van der Waals surface area contributed by atoms with Gasteiger partial charge in [-0.25, -0.2) is 4.98 Å². The summed E-state index contributed by atoms with van der Waals surface area (Å²) < 4.78 is 8.63. The van der Waals surface area contributed by atoms with Gasteiger partial charge in [0.2, 0.25) is 0 Å². The minimum Gasteiger partial charge on any atom is -0.456 e. The Kier molecular flexibility index (Phi) is 4.31. The SMILES string of the molecule is CCc1nc2ccccc2n1-c1ccc(-c2cccc3c2-c2cccc4c2c-3cc2oc3ccccc3c24)cc1. The van der Waals surface area contributed by atoms with Crippen LogP contribution in [0.4, 0.5) is 0 Å². The molecule has 6 aromatic carbocycles. The fraction of sp³-hybridized carbons (Fsp3) is 0.0541. The highest BCUT2D eigenvalue weighted by molar-refractivity contribution is 6.28. The first-order chi connectivity index (χ1) is 19.8. The number of benzene rings is 6. The Labute approximate surface area is 230 Å². The minimum absolute atomic E-state index is 0.878. The lowest BCUT2D eigenvalue weighted by Gasteiger charge is -2.13. The first kappa shape index (κ1) is 21.7. The largest absolute Gasteiger partial charge is 0.456 e. The summed E-state index contributed by atoms with van der Waals surface area (Å²) in [5.74, 6) is 1.08. The van der Waals surface area contributed by atoms with Gasteiger partial charge >= 0.3 is 0 Å². The van der Waals surface area contributed by atoms with Gasteiger partial charge in [-0.15, -0.1) is 0 Å². The number of imidazole rings is 1. The monoisotopic (exact) mass is 512 g/mol. The molecule has 2 aromatic heterocycles. The van der Waals surface area contributed by atoms with Gasteiger partial charge in [0.05, 0.1) is 11.0 Å². The van der Waals surface area contributed by atoms with Crippen LogP contribution in [-0.4, -0.2) is 9.55 Å². The fourth-order valence-electron chi connectivity index (χ4n) is 6.82. The molecule has 40 heavy (non-hydrogen) atoms. The summed E-state index contributed by atoms with van der Waals surface area (Å²) in [6.45, 7) is 2.16. The maximum atomic E-state index is 6.35. The standard InChI is InChI=1S/C37H24N2O/c1-2-34-38-30-14-4-5-15-31(30)39(34)23-19-17-22(18-20-23)24-10-7-11-25-29-21-33-37(26-9-3-6-16-32(26)40-33)28-13-8-12-27(35(24)25)36(28)29/h3-21H,2H2,1H3. The summed E-state index contributed by atoms with van der Waals surface area (Å²) in [4.78, 5) is 4.87. The average Bonchev–Trinajstić information content (AvgIpc) is 3.68. The van der Waals surface area contributed by atoms with Crippen LogP contribution in [-0.2, 0) is 6.42 Å². The number of hydrogen-bond acceptors (Lipinski definition) is 2. The molecule has 0 saturated carbocycles. The van der Waals surface area contributed by atoms with Crippen molar-refractivity contribution < 1.29 is 4.42 Å². The summed E-state index contributed by atoms with van der Waals surface area (Å²) >= 11 is 0. The molecule has 3 nitrogen and oxygen atoms in total. The number of aryl methyl sites for hydroxylation is 1. The Balaban J connectivity index is 1.24. The molecule has 8 aromatic rings. The lowest BCUT2D eigenvalue weighted by Crippen LogP contribution is -1.99. The molecular weight excluding hydrogens is 488 g/mol. The molecule has 0 fully saturated rings. The van der Waals surface area contributed by atoms with Gasteiger partial charge in [-0.05, 0) is 80.6 Å². The van der Waals surface area contributed by atoms with Crippen LogP contribution < -0.4 is 0 Å². The number of fused-ring (bicyclic) bond motifs is 8. The highest BCUT2D eigenvalue weighted by atomic mass is 16.3. The molecule has 0 saturated heterocycles. The Morgan fingerprint density at radius 1 is 0.625 bits per heavy atom. The van der Waals surface area contributed by atoms with Crippen LogP contribution >= 0.6 is 0 Å². The lowest BCUT2D eigenvalue weighted by molar-refractivity contribution is 0.669. The van der Waals surface area contributed by atoms with Crippen molar-refractivity contribution in [3.8, 4) is 39.1 Å². The summed E-state index contributed by atoms with van der Waals surface area (Å²) in [7, 11) is 0. The molecule has 0 aliphatic heterocycles. The van der Waals surface area contributed by atoms with E-state index in [4.69, 9.17) is 9.40 Å². The van der Waals surface area contributed by atoms with Gasteiger partial charge in [-0.2, -0.15) is 0 Å². The molecule has 3 heteroatoms. The second-order valence-corrected chi connectivity index (χ2v) is 10.6. The van der Waals surface area contributed by atoms with E-state index >= 15 is 0 Å². The zero-order valence-corrected chi connectivity index (χ0v) is 22.0. The van der Waals surface area contributed by atoms with Crippen molar-refractivity contribution >= 4 is 43.7 Å². The quantitative estimate of drug-likeness (QED) is 0.236. The zero-order valence-electron chi connectivity index (χ0n) is 22.0. The van der Waals surface area contributed by atoms with Crippen molar-refractivity contribution in [1.82, 2.24) is 9.55 Å². The van der Waals surface area contributed by atoms with Crippen molar-refractivity contribution in [2.75, 3.05) is 0 Å². The lowest BCUT2D eigenvalue weighted by atomic mass is 9.93. The molecule has 0 unspecified atom stereocenters. The van der Waals surface area contributed by atoms with Crippen molar-refractivity contribution in [2.45, 2.75) is 13.3 Å². The van der Waals surface area contributed by atoms with Gasteiger partial charge in [0, 0.05) is 22.9 Å². The van der Waals surface area contributed by atoms with E-state index in [-0.39, 0.29) is 0 Å². The maximum absolute atomic E-state index is 6.35. The molecule has 0 atom stereocenters. The molecule has 1 aliphatic carbocycles. The van der Waals surface area contributed by atoms with Gasteiger partial charge in [0.15, 0.2) is 0 Å². The molecule has 0 spiro atoms. The second kappa shape index (κ2) is 7.93. The van der Waals surface area contributed by atoms with E-state index in [1.165, 1.54) is 54.9 Å². The summed E-state index contributed by atoms with van der Waals surface area (Å²) in [5.41, 5.74) is 12.8. The van der Waals surface area contributed by atoms with E-state index < -0.39 is 0 Å². The number of hydrogen-bond donors (Lipinski definition) is 0. The Hall–Kier alpha value is -5.15. The Morgan fingerprint density at radius 3 is 2.27 bits per heavy atom. The van der Waals surface area contributed by atoms with Crippen LogP contribution in [0.5, 0.6) is 0 Å². The van der Waals surface area contributed by atoms with Crippen LogP contribution in [0.15, 0.2) is 120 Å². The third kappa shape index (κ3) is 2.81.